The van der Waals surface area contributed by atoms with Gasteiger partial charge >= 0.3 is 0 Å². The second-order valence-electron chi connectivity index (χ2n) is 22.7. The van der Waals surface area contributed by atoms with E-state index in [1.165, 1.54) is 83.9 Å². The molecule has 1 unspecified atom stereocenters. The first-order valence-electron chi connectivity index (χ1n) is 29.5. The van der Waals surface area contributed by atoms with Crippen LogP contribution in [-0.4, -0.2) is 19.1 Å². The molecule has 18 rings (SSSR count). The number of rotatable bonds is 8. The molecule has 0 aliphatic heterocycles. The van der Waals surface area contributed by atoms with Crippen LogP contribution in [0.15, 0.2) is 285 Å². The third-order valence-corrected chi connectivity index (χ3v) is 20.1. The van der Waals surface area contributed by atoms with Crippen LogP contribution in [-0.2, 0) is 0 Å². The molecule has 86 heavy (non-hydrogen) atoms. The summed E-state index contributed by atoms with van der Waals surface area (Å²) in [5.41, 5.74) is 17.4. The second kappa shape index (κ2) is 19.5. The molecule has 0 N–H and O–H groups in total. The van der Waals surface area contributed by atoms with Crippen LogP contribution in [0.3, 0.4) is 0 Å². The number of aromatic nitrogens is 4. The van der Waals surface area contributed by atoms with Gasteiger partial charge < -0.3 is 4.57 Å². The fourth-order valence-corrected chi connectivity index (χ4v) is 16.3. The van der Waals surface area contributed by atoms with Crippen LogP contribution in [0.25, 0.3) is 162 Å². The standard InChI is InChI=1S/C80H50N4S2/c1-5-21-49(22-6-1)53-41-54(50-23-7-2-8-24-50)44-57(43-53)66-48-67(58-45-55(51-25-9-3-10-26-51)42-56(46-58)52-27-11-4-12-28-52)82-80(81-66)84-70-39-37-59(83-68-33-17-13-29-60(68)61-30-14-18-34-69(61)83)47-65(70)77-78(84)64-38-40-73-74(62-31-15-19-35-71(62)85-73)75(64)76-63-32-16-20-36-72(63)86-79(76)77/h1-27,29-48,52H,28H2. The monoisotopic (exact) mass is 1130 g/mol. The van der Waals surface area contributed by atoms with Crippen molar-refractivity contribution in [2.45, 2.75) is 12.3 Å². The van der Waals surface area contributed by atoms with Crippen LogP contribution < -0.4 is 0 Å². The lowest BCUT2D eigenvalue weighted by molar-refractivity contribution is 0.854. The highest BCUT2D eigenvalue weighted by Gasteiger charge is 2.27. The Bertz CT molecular complexity index is 5570. The van der Waals surface area contributed by atoms with Gasteiger partial charge in [0.2, 0.25) is 5.95 Å². The number of hydrogen-bond acceptors (Lipinski definition) is 4. The van der Waals surface area contributed by atoms with Crippen molar-refractivity contribution in [1.29, 1.82) is 0 Å². The number of benzene rings is 12. The Balaban J connectivity index is 1.01. The zero-order valence-electron chi connectivity index (χ0n) is 46.5. The molecule has 0 radical (unpaired) electrons. The van der Waals surface area contributed by atoms with E-state index in [1.807, 2.05) is 22.7 Å². The normalized spacial score (nSPS) is 13.6. The van der Waals surface area contributed by atoms with Crippen molar-refractivity contribution in [3.63, 3.8) is 0 Å². The summed E-state index contributed by atoms with van der Waals surface area (Å²) >= 11 is 3.78. The third-order valence-electron chi connectivity index (χ3n) is 17.8. The lowest BCUT2D eigenvalue weighted by atomic mass is 9.88. The SMILES string of the molecule is C1=CCC(c2cc(-c3ccccc3)cc(-c3cc(-c4cc(-c5ccccc5)cc(-c5ccccc5)c4)nc(-n4c5ccc(-n6c7ccccc7c7ccccc76)cc5c5c6sc7ccccc7c6c6c(ccc7sc8ccccc8c76)c54)n3)c2)C=C1. The van der Waals surface area contributed by atoms with Crippen molar-refractivity contribution in [3.05, 3.63) is 291 Å². The minimum absolute atomic E-state index is 0.209. The zero-order valence-corrected chi connectivity index (χ0v) is 48.2. The quantitative estimate of drug-likeness (QED) is 0.152. The van der Waals surface area contributed by atoms with Gasteiger partial charge in [0.05, 0.1) is 33.5 Å². The van der Waals surface area contributed by atoms with Gasteiger partial charge in [-0.1, -0.05) is 200 Å². The maximum absolute atomic E-state index is 5.96. The van der Waals surface area contributed by atoms with Crippen molar-refractivity contribution in [3.8, 4) is 67.5 Å². The van der Waals surface area contributed by atoms with E-state index in [9.17, 15) is 0 Å². The number of fused-ring (bicyclic) bond motifs is 17. The summed E-state index contributed by atoms with van der Waals surface area (Å²) in [5.74, 6) is 0.818. The minimum Gasteiger partial charge on any atom is -0.309 e. The van der Waals surface area contributed by atoms with Crippen LogP contribution in [0, 0.1) is 0 Å². The molecule has 0 bridgehead atoms. The van der Waals surface area contributed by atoms with Crippen molar-refractivity contribution in [2.75, 3.05) is 0 Å². The highest BCUT2D eigenvalue weighted by atomic mass is 32.1. The van der Waals surface area contributed by atoms with E-state index in [2.05, 4.69) is 294 Å². The van der Waals surface area contributed by atoms with E-state index in [1.54, 1.807) is 0 Å². The summed E-state index contributed by atoms with van der Waals surface area (Å²) in [6.07, 6.45) is 9.89. The highest BCUT2D eigenvalue weighted by molar-refractivity contribution is 7.27. The predicted molar refractivity (Wildman–Crippen MR) is 367 cm³/mol. The van der Waals surface area contributed by atoms with Crippen molar-refractivity contribution >= 4 is 117 Å². The van der Waals surface area contributed by atoms with Gasteiger partial charge in [-0.15, -0.1) is 22.7 Å². The Kier molecular flexibility index (Phi) is 11.1. The topological polar surface area (TPSA) is 35.6 Å². The maximum atomic E-state index is 5.96. The lowest BCUT2D eigenvalue weighted by Crippen LogP contribution is -2.05. The summed E-state index contributed by atoms with van der Waals surface area (Å²) in [7, 11) is 0. The van der Waals surface area contributed by atoms with Crippen LogP contribution >= 0.6 is 22.7 Å². The largest absolute Gasteiger partial charge is 0.309 e. The maximum Gasteiger partial charge on any atom is 0.235 e. The Morgan fingerprint density at radius 2 is 0.860 bits per heavy atom. The van der Waals surface area contributed by atoms with E-state index < -0.39 is 0 Å². The Labute approximate surface area is 503 Å². The molecule has 1 aliphatic rings. The summed E-state index contributed by atoms with van der Waals surface area (Å²) in [6, 6.07) is 96.1. The number of para-hydroxylation sites is 2. The third kappa shape index (κ3) is 7.73. The van der Waals surface area contributed by atoms with Crippen LogP contribution in [0.1, 0.15) is 17.9 Å². The molecule has 5 heterocycles. The molecule has 1 atom stereocenters. The molecule has 0 saturated carbocycles. The van der Waals surface area contributed by atoms with Gasteiger partial charge in [0.15, 0.2) is 0 Å². The molecule has 0 amide bonds. The van der Waals surface area contributed by atoms with Crippen molar-refractivity contribution in [2.24, 2.45) is 0 Å². The number of allylic oxidation sites excluding steroid dienone is 4. The average molecular weight is 1130 g/mol. The molecule has 6 heteroatoms. The number of nitrogens with zero attached hydrogens (tertiary/aromatic N) is 4. The van der Waals surface area contributed by atoms with Crippen LogP contribution in [0.5, 0.6) is 0 Å². The molecule has 0 fully saturated rings. The molecule has 4 nitrogen and oxygen atoms in total. The Morgan fingerprint density at radius 1 is 0.337 bits per heavy atom. The van der Waals surface area contributed by atoms with E-state index in [-0.39, 0.29) is 5.92 Å². The van der Waals surface area contributed by atoms with Gasteiger partial charge in [0, 0.05) is 95.4 Å². The Hall–Kier alpha value is -10.5. The zero-order chi connectivity index (χ0) is 56.4. The van der Waals surface area contributed by atoms with E-state index in [0.717, 1.165) is 84.4 Å². The van der Waals surface area contributed by atoms with Crippen molar-refractivity contribution in [1.82, 2.24) is 19.1 Å². The van der Waals surface area contributed by atoms with E-state index >= 15 is 0 Å². The smallest absolute Gasteiger partial charge is 0.235 e. The molecule has 5 aromatic heterocycles. The summed E-state index contributed by atoms with van der Waals surface area (Å²) in [4.78, 5) is 11.9. The van der Waals surface area contributed by atoms with Crippen LogP contribution in [0.2, 0.25) is 0 Å². The molecule has 17 aromatic rings. The molecule has 402 valence electrons. The first-order chi connectivity index (χ1) is 42.6. The van der Waals surface area contributed by atoms with Crippen molar-refractivity contribution < 1.29 is 0 Å². The molecular formula is C80H50N4S2. The molecule has 1 aliphatic carbocycles. The van der Waals surface area contributed by atoms with Gasteiger partial charge in [0.25, 0.3) is 0 Å². The number of hydrogen-bond donors (Lipinski definition) is 0. The lowest BCUT2D eigenvalue weighted by Gasteiger charge is -2.18. The average Bonchev–Trinajstić information content (AvgIpc) is 1.55. The highest BCUT2D eigenvalue weighted by Crippen LogP contribution is 2.52. The first kappa shape index (κ1) is 49.0. The predicted octanol–water partition coefficient (Wildman–Crippen LogP) is 22.5. The summed E-state index contributed by atoms with van der Waals surface area (Å²) < 4.78 is 9.95. The molecule has 0 saturated heterocycles. The second-order valence-corrected chi connectivity index (χ2v) is 24.9. The Morgan fingerprint density at radius 3 is 1.49 bits per heavy atom. The minimum atomic E-state index is 0.209. The van der Waals surface area contributed by atoms with Crippen LogP contribution in [0.4, 0.5) is 0 Å². The fraction of sp³-hybridized carbons (Fsp3) is 0.0250. The first-order valence-corrected chi connectivity index (χ1v) is 31.1. The van der Waals surface area contributed by atoms with Gasteiger partial charge in [-0.05, 0) is 130 Å². The van der Waals surface area contributed by atoms with Gasteiger partial charge in [-0.25, -0.2) is 9.97 Å². The van der Waals surface area contributed by atoms with Gasteiger partial charge in [-0.2, -0.15) is 0 Å². The fourth-order valence-electron chi connectivity index (χ4n) is 13.9. The molecule has 12 aromatic carbocycles. The summed E-state index contributed by atoms with van der Waals surface area (Å²) in [5, 5.41) is 12.4. The molecule has 0 spiro atoms. The van der Waals surface area contributed by atoms with E-state index in [4.69, 9.17) is 9.97 Å². The number of thiophene rings is 2. The summed E-state index contributed by atoms with van der Waals surface area (Å²) in [6.45, 7) is 0. The van der Waals surface area contributed by atoms with Gasteiger partial charge in [-0.3, -0.25) is 4.57 Å². The molecular weight excluding hydrogens is 1080 g/mol. The van der Waals surface area contributed by atoms with E-state index in [0.29, 0.717) is 5.95 Å². The van der Waals surface area contributed by atoms with Gasteiger partial charge in [0.1, 0.15) is 0 Å².